The van der Waals surface area contributed by atoms with Gasteiger partial charge in [0.25, 0.3) is 5.69 Å². The number of benzene rings is 2. The van der Waals surface area contributed by atoms with Crippen molar-refractivity contribution in [1.82, 2.24) is 19.6 Å². The lowest BCUT2D eigenvalue weighted by molar-refractivity contribution is -0.384. The standard InChI is InChI=1S/C22H21N5O6/c1-12-19-22(33-16-10-17(30-3)20(32-5)18(11-16)31-4)24-21(25-26(19)13(2)23-12)14-6-8-15(9-7-14)27(28)29/h6-11H,1-5H3. The van der Waals surface area contributed by atoms with Crippen LogP contribution in [0.3, 0.4) is 0 Å². The third-order valence-corrected chi connectivity index (χ3v) is 4.98. The molecule has 0 bridgehead atoms. The van der Waals surface area contributed by atoms with Gasteiger partial charge in [-0.15, -0.1) is 5.10 Å². The lowest BCUT2D eigenvalue weighted by Crippen LogP contribution is -2.03. The highest BCUT2D eigenvalue weighted by atomic mass is 16.6. The third kappa shape index (κ3) is 3.95. The molecule has 0 aliphatic heterocycles. The molecule has 0 spiro atoms. The van der Waals surface area contributed by atoms with Crippen molar-refractivity contribution in [2.24, 2.45) is 0 Å². The van der Waals surface area contributed by atoms with Gasteiger partial charge >= 0.3 is 0 Å². The third-order valence-electron chi connectivity index (χ3n) is 4.98. The summed E-state index contributed by atoms with van der Waals surface area (Å²) in [5.41, 5.74) is 1.84. The second kappa shape index (κ2) is 8.61. The van der Waals surface area contributed by atoms with Gasteiger partial charge in [-0.3, -0.25) is 10.1 Å². The van der Waals surface area contributed by atoms with Crippen molar-refractivity contribution in [2.45, 2.75) is 13.8 Å². The molecule has 170 valence electrons. The van der Waals surface area contributed by atoms with Gasteiger partial charge in [0.1, 0.15) is 11.6 Å². The Bertz CT molecular complexity index is 1320. The molecule has 11 heteroatoms. The predicted octanol–water partition coefficient (Wildman–Crippen LogP) is 4.13. The van der Waals surface area contributed by atoms with Crippen molar-refractivity contribution in [1.29, 1.82) is 0 Å². The van der Waals surface area contributed by atoms with E-state index in [4.69, 9.17) is 18.9 Å². The van der Waals surface area contributed by atoms with Crippen molar-refractivity contribution in [3.63, 3.8) is 0 Å². The number of nitro benzene ring substituents is 1. The molecule has 4 rings (SSSR count). The molecule has 2 heterocycles. The van der Waals surface area contributed by atoms with Crippen LogP contribution in [0.2, 0.25) is 0 Å². The second-order valence-corrected chi connectivity index (χ2v) is 7.01. The first-order chi connectivity index (χ1) is 15.9. The van der Waals surface area contributed by atoms with Crippen molar-refractivity contribution >= 4 is 11.2 Å². The minimum absolute atomic E-state index is 0.0246. The number of imidazole rings is 1. The molecule has 4 aromatic rings. The van der Waals surface area contributed by atoms with E-state index < -0.39 is 4.92 Å². The summed E-state index contributed by atoms with van der Waals surface area (Å²) < 4.78 is 24.0. The maximum absolute atomic E-state index is 11.0. The fraction of sp³-hybridized carbons (Fsp3) is 0.227. The Morgan fingerprint density at radius 2 is 1.58 bits per heavy atom. The first kappa shape index (κ1) is 21.8. The number of non-ortho nitro benzene ring substituents is 1. The second-order valence-electron chi connectivity index (χ2n) is 7.01. The summed E-state index contributed by atoms with van der Waals surface area (Å²) in [4.78, 5) is 19.6. The van der Waals surface area contributed by atoms with Gasteiger partial charge in [-0.25, -0.2) is 9.50 Å². The predicted molar refractivity (Wildman–Crippen MR) is 119 cm³/mol. The van der Waals surface area contributed by atoms with Gasteiger partial charge in [0.2, 0.25) is 11.6 Å². The van der Waals surface area contributed by atoms with Gasteiger partial charge in [0.05, 0.1) is 31.9 Å². The van der Waals surface area contributed by atoms with Crippen LogP contribution in [0.15, 0.2) is 36.4 Å². The van der Waals surface area contributed by atoms with Gasteiger partial charge < -0.3 is 18.9 Å². The molecular weight excluding hydrogens is 430 g/mol. The van der Waals surface area contributed by atoms with E-state index in [1.165, 1.54) is 33.5 Å². The molecule has 0 fully saturated rings. The van der Waals surface area contributed by atoms with E-state index in [1.54, 1.807) is 28.8 Å². The van der Waals surface area contributed by atoms with E-state index in [1.807, 2.05) is 13.8 Å². The van der Waals surface area contributed by atoms with Crippen LogP contribution in [0.5, 0.6) is 28.9 Å². The molecule has 0 saturated heterocycles. The topological polar surface area (TPSA) is 123 Å². The van der Waals surface area contributed by atoms with E-state index in [2.05, 4.69) is 15.1 Å². The molecule has 0 amide bonds. The average Bonchev–Trinajstić information content (AvgIpc) is 3.11. The molecule has 33 heavy (non-hydrogen) atoms. The Morgan fingerprint density at radius 3 is 2.12 bits per heavy atom. The zero-order chi connectivity index (χ0) is 23.7. The van der Waals surface area contributed by atoms with Gasteiger partial charge in [0, 0.05) is 29.8 Å². The lowest BCUT2D eigenvalue weighted by atomic mass is 10.2. The van der Waals surface area contributed by atoms with E-state index in [9.17, 15) is 10.1 Å². The van der Waals surface area contributed by atoms with Crippen LogP contribution in [0.25, 0.3) is 16.9 Å². The lowest BCUT2D eigenvalue weighted by Gasteiger charge is -2.15. The molecule has 0 aliphatic rings. The van der Waals surface area contributed by atoms with E-state index in [-0.39, 0.29) is 11.6 Å². The highest BCUT2D eigenvalue weighted by molar-refractivity contribution is 5.66. The number of hydrogen-bond acceptors (Lipinski definition) is 9. The Balaban J connectivity index is 1.86. The van der Waals surface area contributed by atoms with Crippen molar-refractivity contribution in [3.05, 3.63) is 58.0 Å². The van der Waals surface area contributed by atoms with Crippen LogP contribution >= 0.6 is 0 Å². The summed E-state index contributed by atoms with van der Waals surface area (Å²) in [6, 6.07) is 9.28. The monoisotopic (exact) mass is 451 g/mol. The maximum atomic E-state index is 11.0. The molecule has 0 saturated carbocycles. The van der Waals surface area contributed by atoms with Gasteiger partial charge in [0.15, 0.2) is 22.8 Å². The Hall–Kier alpha value is -4.41. The van der Waals surface area contributed by atoms with Gasteiger partial charge in [-0.2, -0.15) is 4.98 Å². The van der Waals surface area contributed by atoms with Crippen LogP contribution in [-0.2, 0) is 0 Å². The molecule has 0 aliphatic carbocycles. The quantitative estimate of drug-likeness (QED) is 0.301. The molecule has 11 nitrogen and oxygen atoms in total. The molecule has 0 N–H and O–H groups in total. The summed E-state index contributed by atoms with van der Waals surface area (Å²) in [7, 11) is 4.55. The van der Waals surface area contributed by atoms with Gasteiger partial charge in [-0.05, 0) is 26.0 Å². The largest absolute Gasteiger partial charge is 0.493 e. The number of ether oxygens (including phenoxy) is 4. The number of rotatable bonds is 7. The Labute approximate surface area is 188 Å². The number of methoxy groups -OCH3 is 3. The molecule has 0 unspecified atom stereocenters. The number of nitrogens with zero attached hydrogens (tertiary/aromatic N) is 5. The summed E-state index contributed by atoms with van der Waals surface area (Å²) in [5, 5.41) is 15.6. The van der Waals surface area contributed by atoms with E-state index in [0.29, 0.717) is 51.4 Å². The molecular formula is C22H21N5O6. The van der Waals surface area contributed by atoms with Gasteiger partial charge in [-0.1, -0.05) is 0 Å². The zero-order valence-corrected chi connectivity index (χ0v) is 18.6. The first-order valence-corrected chi connectivity index (χ1v) is 9.83. The highest BCUT2D eigenvalue weighted by Gasteiger charge is 2.20. The van der Waals surface area contributed by atoms with Crippen LogP contribution in [-0.4, -0.2) is 45.8 Å². The minimum atomic E-state index is -0.462. The fourth-order valence-corrected chi connectivity index (χ4v) is 3.45. The smallest absolute Gasteiger partial charge is 0.269 e. The number of hydrogen-bond donors (Lipinski definition) is 0. The van der Waals surface area contributed by atoms with Crippen LogP contribution in [0, 0.1) is 24.0 Å². The average molecular weight is 451 g/mol. The fourth-order valence-electron chi connectivity index (χ4n) is 3.45. The normalized spacial score (nSPS) is 10.8. The van der Waals surface area contributed by atoms with Crippen molar-refractivity contribution < 1.29 is 23.9 Å². The molecule has 0 atom stereocenters. The zero-order valence-electron chi connectivity index (χ0n) is 18.6. The first-order valence-electron chi connectivity index (χ1n) is 9.83. The maximum Gasteiger partial charge on any atom is 0.269 e. The van der Waals surface area contributed by atoms with Crippen molar-refractivity contribution in [2.75, 3.05) is 21.3 Å². The van der Waals surface area contributed by atoms with Crippen molar-refractivity contribution in [3.8, 4) is 40.3 Å². The summed E-state index contributed by atoms with van der Waals surface area (Å²) in [6.07, 6.45) is 0. The summed E-state index contributed by atoms with van der Waals surface area (Å²) in [5.74, 6) is 2.90. The van der Waals surface area contributed by atoms with Crippen LogP contribution < -0.4 is 18.9 Å². The van der Waals surface area contributed by atoms with Crippen LogP contribution in [0.4, 0.5) is 5.69 Å². The number of nitro groups is 1. The molecule has 2 aromatic carbocycles. The molecule has 2 aromatic heterocycles. The summed E-state index contributed by atoms with van der Waals surface area (Å²) >= 11 is 0. The number of aryl methyl sites for hydroxylation is 2. The number of aromatic nitrogens is 4. The Morgan fingerprint density at radius 1 is 0.939 bits per heavy atom. The minimum Gasteiger partial charge on any atom is -0.493 e. The highest BCUT2D eigenvalue weighted by Crippen LogP contribution is 2.42. The SMILES string of the molecule is COc1cc(Oc2nc(-c3ccc([N+](=O)[O-])cc3)nn3c(C)nc(C)c23)cc(OC)c1OC. The van der Waals surface area contributed by atoms with E-state index >= 15 is 0 Å². The number of fused-ring (bicyclic) bond motifs is 1. The van der Waals surface area contributed by atoms with E-state index in [0.717, 1.165) is 0 Å². The van der Waals surface area contributed by atoms with Crippen LogP contribution in [0.1, 0.15) is 11.5 Å². The summed E-state index contributed by atoms with van der Waals surface area (Å²) in [6.45, 7) is 3.65. The Kier molecular flexibility index (Phi) is 5.69. The molecule has 0 radical (unpaired) electrons.